The minimum atomic E-state index is -0.719. The predicted octanol–water partition coefficient (Wildman–Crippen LogP) is 2.75. The average Bonchev–Trinajstić information content (AvgIpc) is 3.38. The lowest BCUT2D eigenvalue weighted by Gasteiger charge is -2.39. The third-order valence-corrected chi connectivity index (χ3v) is 7.09. The van der Waals surface area contributed by atoms with Gasteiger partial charge in [-0.1, -0.05) is 0 Å². The fourth-order valence-corrected chi connectivity index (χ4v) is 5.23. The molecular weight excluding hydrogens is 473 g/mol. The van der Waals surface area contributed by atoms with Crippen LogP contribution in [0.5, 0.6) is 0 Å². The maximum atomic E-state index is 14.6. The summed E-state index contributed by atoms with van der Waals surface area (Å²) >= 11 is 0. The van der Waals surface area contributed by atoms with Crippen molar-refractivity contribution in [2.75, 3.05) is 44.3 Å². The van der Waals surface area contributed by atoms with E-state index >= 15 is 0 Å². The van der Waals surface area contributed by atoms with Crippen LogP contribution >= 0.6 is 0 Å². The lowest BCUT2D eigenvalue weighted by atomic mass is 10.1. The van der Waals surface area contributed by atoms with Gasteiger partial charge in [-0.3, -0.25) is 14.5 Å². The highest BCUT2D eigenvalue weighted by molar-refractivity contribution is 5.92. The zero-order valence-corrected chi connectivity index (χ0v) is 19.6. The van der Waals surface area contributed by atoms with E-state index in [1.807, 2.05) is 4.90 Å². The first-order valence-electron chi connectivity index (χ1n) is 12.1. The van der Waals surface area contributed by atoms with Gasteiger partial charge >= 0.3 is 0 Å². The summed E-state index contributed by atoms with van der Waals surface area (Å²) in [6.07, 6.45) is 2.72. The molecular formula is C25H27F3N6O2. The standard InChI is InChI=1S/C25H27F3N6O2/c26-7-8-29-25(36)20-5-6-21(22(28)30-20)34-11-9-33(10-12-34)17-3-1-15(13-17)23-31-19-4-2-16(27)14-18(19)24(35)32-23/h2,4-6,14-15,17H,1,3,7-13H2,(H,29,36)(H,31,32,35). The fourth-order valence-electron chi connectivity index (χ4n) is 5.23. The molecule has 0 bridgehead atoms. The van der Waals surface area contributed by atoms with Crippen molar-refractivity contribution in [3.05, 3.63) is 64.0 Å². The molecule has 3 aromatic rings. The molecule has 1 aliphatic heterocycles. The molecule has 1 saturated heterocycles. The minimum absolute atomic E-state index is 0.0780. The highest BCUT2D eigenvalue weighted by atomic mass is 19.1. The van der Waals surface area contributed by atoms with Crippen LogP contribution in [-0.4, -0.2) is 71.2 Å². The monoisotopic (exact) mass is 500 g/mol. The van der Waals surface area contributed by atoms with Gasteiger partial charge in [0.2, 0.25) is 5.95 Å². The molecule has 1 aromatic carbocycles. The first-order valence-corrected chi connectivity index (χ1v) is 12.1. The Bertz CT molecular complexity index is 1320. The number of anilines is 1. The highest BCUT2D eigenvalue weighted by Gasteiger charge is 2.33. The molecule has 3 heterocycles. The maximum absolute atomic E-state index is 14.6. The van der Waals surface area contributed by atoms with Crippen LogP contribution in [0.3, 0.4) is 0 Å². The van der Waals surface area contributed by atoms with E-state index in [9.17, 15) is 22.8 Å². The number of aromatic amines is 1. The van der Waals surface area contributed by atoms with E-state index in [0.717, 1.165) is 32.4 Å². The molecule has 0 spiro atoms. The topological polar surface area (TPSA) is 94.2 Å². The molecule has 2 atom stereocenters. The largest absolute Gasteiger partial charge is 0.365 e. The Balaban J connectivity index is 1.20. The SMILES string of the molecule is O=C(NCCF)c1ccc(N2CCN(C3CCC(c4nc5ccc(F)cc5c(=O)[nH]4)C3)CC2)c(F)n1. The normalized spacial score (nSPS) is 20.7. The van der Waals surface area contributed by atoms with Gasteiger partial charge in [0.05, 0.1) is 16.6 Å². The Morgan fingerprint density at radius 3 is 2.64 bits per heavy atom. The van der Waals surface area contributed by atoms with Crippen LogP contribution in [0.25, 0.3) is 10.9 Å². The summed E-state index contributed by atoms with van der Waals surface area (Å²) in [5.74, 6) is -1.03. The number of benzene rings is 1. The molecule has 2 unspecified atom stereocenters. The van der Waals surface area contributed by atoms with E-state index in [1.54, 1.807) is 6.07 Å². The molecule has 2 N–H and O–H groups in total. The van der Waals surface area contributed by atoms with Crippen LogP contribution in [0.15, 0.2) is 35.1 Å². The second-order valence-electron chi connectivity index (χ2n) is 9.25. The van der Waals surface area contributed by atoms with Crippen LogP contribution in [0, 0.1) is 11.8 Å². The molecule has 2 aromatic heterocycles. The summed E-state index contributed by atoms with van der Waals surface area (Å²) in [7, 11) is 0. The van der Waals surface area contributed by atoms with Crippen molar-refractivity contribution < 1.29 is 18.0 Å². The summed E-state index contributed by atoms with van der Waals surface area (Å²) in [4.78, 5) is 39.8. The molecule has 1 aliphatic carbocycles. The van der Waals surface area contributed by atoms with E-state index in [1.165, 1.54) is 24.3 Å². The van der Waals surface area contributed by atoms with Crippen molar-refractivity contribution in [2.24, 2.45) is 0 Å². The number of alkyl halides is 1. The number of aromatic nitrogens is 3. The van der Waals surface area contributed by atoms with Crippen molar-refractivity contribution in [1.82, 2.24) is 25.2 Å². The van der Waals surface area contributed by atoms with Gasteiger partial charge in [-0.05, 0) is 49.6 Å². The molecule has 0 radical (unpaired) electrons. The van der Waals surface area contributed by atoms with Crippen LogP contribution in [0.1, 0.15) is 41.5 Å². The van der Waals surface area contributed by atoms with Gasteiger partial charge in [0.25, 0.3) is 11.5 Å². The third-order valence-electron chi connectivity index (χ3n) is 7.09. The number of amides is 1. The average molecular weight is 501 g/mol. The van der Waals surface area contributed by atoms with Gasteiger partial charge in [-0.25, -0.2) is 18.7 Å². The number of hydrogen-bond acceptors (Lipinski definition) is 6. The fraction of sp³-hybridized carbons (Fsp3) is 0.440. The van der Waals surface area contributed by atoms with Crippen molar-refractivity contribution in [3.63, 3.8) is 0 Å². The summed E-state index contributed by atoms with van der Waals surface area (Å²) < 4.78 is 40.4. The van der Waals surface area contributed by atoms with Gasteiger partial charge in [0.15, 0.2) is 0 Å². The summed E-state index contributed by atoms with van der Waals surface area (Å²) in [5, 5.41) is 2.59. The summed E-state index contributed by atoms with van der Waals surface area (Å²) in [5.41, 5.74) is 0.433. The van der Waals surface area contributed by atoms with Crippen molar-refractivity contribution in [2.45, 2.75) is 31.2 Å². The number of carbonyl (C=O) groups is 1. The number of pyridine rings is 1. The van der Waals surface area contributed by atoms with Gasteiger partial charge in [0, 0.05) is 44.7 Å². The van der Waals surface area contributed by atoms with Crippen molar-refractivity contribution in [3.8, 4) is 0 Å². The minimum Gasteiger partial charge on any atom is -0.365 e. The number of H-pyrrole nitrogens is 1. The number of nitrogens with one attached hydrogen (secondary N) is 2. The van der Waals surface area contributed by atoms with E-state index < -0.39 is 24.3 Å². The van der Waals surface area contributed by atoms with Crippen LogP contribution in [0.4, 0.5) is 18.9 Å². The molecule has 36 heavy (non-hydrogen) atoms. The maximum Gasteiger partial charge on any atom is 0.270 e. The Hall–Kier alpha value is -3.47. The van der Waals surface area contributed by atoms with Gasteiger partial charge in [-0.2, -0.15) is 4.39 Å². The lowest BCUT2D eigenvalue weighted by molar-refractivity contribution is 0.0944. The lowest BCUT2D eigenvalue weighted by Crippen LogP contribution is -2.50. The summed E-state index contributed by atoms with van der Waals surface area (Å²) in [6, 6.07) is 7.37. The second-order valence-corrected chi connectivity index (χ2v) is 9.25. The van der Waals surface area contributed by atoms with Crippen LogP contribution in [-0.2, 0) is 0 Å². The number of hydrogen-bond donors (Lipinski definition) is 2. The molecule has 2 aliphatic rings. The van der Waals surface area contributed by atoms with Gasteiger partial charge < -0.3 is 15.2 Å². The molecule has 8 nitrogen and oxygen atoms in total. The number of nitrogens with zero attached hydrogens (tertiary/aromatic N) is 4. The van der Waals surface area contributed by atoms with E-state index in [-0.39, 0.29) is 29.1 Å². The molecule has 2 fully saturated rings. The molecule has 11 heteroatoms. The third kappa shape index (κ3) is 4.92. The summed E-state index contributed by atoms with van der Waals surface area (Å²) in [6.45, 7) is 1.89. The number of carbonyl (C=O) groups excluding carboxylic acids is 1. The molecule has 5 rings (SSSR count). The Kier molecular flexibility index (Phi) is 6.90. The number of rotatable bonds is 6. The Morgan fingerprint density at radius 1 is 1.08 bits per heavy atom. The number of fused-ring (bicyclic) bond motifs is 1. The van der Waals surface area contributed by atoms with Crippen molar-refractivity contribution in [1.29, 1.82) is 0 Å². The molecule has 1 amide bonds. The number of piperazine rings is 1. The highest BCUT2D eigenvalue weighted by Crippen LogP contribution is 2.36. The van der Waals surface area contributed by atoms with Gasteiger partial charge in [-0.15, -0.1) is 0 Å². The molecule has 190 valence electrons. The quantitative estimate of drug-likeness (QED) is 0.506. The second kappa shape index (κ2) is 10.3. The molecule has 1 saturated carbocycles. The van der Waals surface area contributed by atoms with Crippen LogP contribution < -0.4 is 15.8 Å². The zero-order chi connectivity index (χ0) is 25.2. The Labute approximate surface area is 205 Å². The first kappa shape index (κ1) is 24.2. The van der Waals surface area contributed by atoms with Crippen molar-refractivity contribution >= 4 is 22.5 Å². The van der Waals surface area contributed by atoms with E-state index in [4.69, 9.17) is 0 Å². The van der Waals surface area contributed by atoms with E-state index in [0.29, 0.717) is 36.2 Å². The first-order chi connectivity index (χ1) is 17.4. The smallest absolute Gasteiger partial charge is 0.270 e. The van der Waals surface area contributed by atoms with E-state index in [2.05, 4.69) is 25.2 Å². The Morgan fingerprint density at radius 2 is 1.89 bits per heavy atom. The predicted molar refractivity (Wildman–Crippen MR) is 129 cm³/mol. The zero-order valence-electron chi connectivity index (χ0n) is 19.6. The van der Waals surface area contributed by atoms with Crippen LogP contribution in [0.2, 0.25) is 0 Å². The van der Waals surface area contributed by atoms with Gasteiger partial charge in [0.1, 0.15) is 24.0 Å². The number of halogens is 3.